The number of thiophene rings is 1. The number of aromatic nitrogens is 1. The number of hydrogen-bond donors (Lipinski definition) is 0. The summed E-state index contributed by atoms with van der Waals surface area (Å²) in [5.41, 5.74) is 5.90. The van der Waals surface area contributed by atoms with Crippen LogP contribution in [0.2, 0.25) is 0 Å². The van der Waals surface area contributed by atoms with Gasteiger partial charge in [0.05, 0.1) is 22.3 Å². The van der Waals surface area contributed by atoms with Crippen LogP contribution in [-0.4, -0.2) is 17.2 Å². The molecule has 5 heteroatoms. The highest BCUT2D eigenvalue weighted by molar-refractivity contribution is 7.27. The Hall–Kier alpha value is -6.56. The van der Waals surface area contributed by atoms with Crippen LogP contribution in [0.5, 0.6) is 5.75 Å². The van der Waals surface area contributed by atoms with Crippen LogP contribution in [0, 0.1) is 0 Å². The highest BCUT2D eigenvalue weighted by atomic mass is 32.1. The minimum absolute atomic E-state index is 0.358. The van der Waals surface area contributed by atoms with Crippen molar-refractivity contribution in [2.45, 2.75) is 6.67 Å². The van der Waals surface area contributed by atoms with Crippen LogP contribution in [0.4, 0.5) is 0 Å². The normalized spacial score (nSPS) is 14.7. The van der Waals surface area contributed by atoms with Crippen molar-refractivity contribution in [1.82, 2.24) is 4.57 Å². The van der Waals surface area contributed by atoms with Crippen LogP contribution >= 0.6 is 11.3 Å². The first-order chi connectivity index (χ1) is 25.8. The van der Waals surface area contributed by atoms with Gasteiger partial charge in [-0.3, -0.25) is 4.99 Å². The van der Waals surface area contributed by atoms with Crippen LogP contribution in [-0.2, 0) is 6.67 Å². The molecule has 244 valence electrons. The summed E-state index contributed by atoms with van der Waals surface area (Å²) in [5.74, 6) is 1.31. The molecule has 0 aliphatic carbocycles. The summed E-state index contributed by atoms with van der Waals surface area (Å²) in [4.78, 5) is 10.1. The van der Waals surface area contributed by atoms with E-state index in [1.54, 1.807) is 0 Å². The standard InChI is InChI=1S/C47H29N3OS/c1-48-44(37-26-28-14-2-3-15-29(28)30-16-4-5-17-31(30)37)42-35-21-9-12-24-39(35)51-47(42)49-27-50-38-23-11-8-20-34(38)41-32-18-6-7-19-33(32)46-43(45(41)50)36-22-10-13-25-40(36)52-46/h2-26H,1,27H2/b44-42-,49-47+. The first-order valence-electron chi connectivity index (χ1n) is 17.5. The molecule has 4 nitrogen and oxygen atoms in total. The Morgan fingerprint density at radius 2 is 1.27 bits per heavy atom. The van der Waals surface area contributed by atoms with E-state index in [0.717, 1.165) is 44.4 Å². The fraction of sp³-hybridized carbons (Fsp3) is 0.0213. The third-order valence-electron chi connectivity index (χ3n) is 10.6. The maximum absolute atomic E-state index is 6.65. The van der Waals surface area contributed by atoms with E-state index in [-0.39, 0.29) is 0 Å². The maximum atomic E-state index is 6.65. The number of nitrogens with zero attached hydrogens (tertiary/aromatic N) is 3. The van der Waals surface area contributed by atoms with Crippen LogP contribution in [0.3, 0.4) is 0 Å². The Kier molecular flexibility index (Phi) is 6.30. The van der Waals surface area contributed by atoms with Gasteiger partial charge in [0, 0.05) is 47.5 Å². The molecule has 52 heavy (non-hydrogen) atoms. The van der Waals surface area contributed by atoms with Crippen LogP contribution in [0.1, 0.15) is 11.1 Å². The van der Waals surface area contributed by atoms with Gasteiger partial charge in [0.15, 0.2) is 0 Å². The molecule has 1 aliphatic heterocycles. The average molecular weight is 684 g/mol. The van der Waals surface area contributed by atoms with Crippen molar-refractivity contribution in [3.63, 3.8) is 0 Å². The zero-order chi connectivity index (χ0) is 34.3. The van der Waals surface area contributed by atoms with Crippen LogP contribution in [0.15, 0.2) is 162 Å². The molecule has 0 bridgehead atoms. The predicted molar refractivity (Wildman–Crippen MR) is 222 cm³/mol. The lowest BCUT2D eigenvalue weighted by Crippen LogP contribution is -2.08. The van der Waals surface area contributed by atoms with Gasteiger partial charge in [-0.1, -0.05) is 127 Å². The summed E-state index contributed by atoms with van der Waals surface area (Å²) < 4.78 is 11.6. The third kappa shape index (κ3) is 4.08. The molecular formula is C47H29N3OS. The van der Waals surface area contributed by atoms with E-state index in [0.29, 0.717) is 12.6 Å². The fourth-order valence-corrected chi connectivity index (χ4v) is 9.65. The van der Waals surface area contributed by atoms with E-state index in [1.165, 1.54) is 58.0 Å². The van der Waals surface area contributed by atoms with E-state index in [4.69, 9.17) is 14.7 Å². The number of aliphatic imine (C=N–C) groups is 2. The van der Waals surface area contributed by atoms with Gasteiger partial charge in [-0.05, 0) is 57.9 Å². The van der Waals surface area contributed by atoms with Gasteiger partial charge >= 0.3 is 0 Å². The van der Waals surface area contributed by atoms with E-state index in [2.05, 4.69) is 145 Å². The zero-order valence-corrected chi connectivity index (χ0v) is 28.8. The molecule has 0 amide bonds. The van der Waals surface area contributed by atoms with Gasteiger partial charge in [0.1, 0.15) is 12.4 Å². The molecule has 0 atom stereocenters. The second-order valence-corrected chi connectivity index (χ2v) is 14.3. The minimum atomic E-state index is 0.358. The minimum Gasteiger partial charge on any atom is -0.438 e. The first-order valence-corrected chi connectivity index (χ1v) is 18.3. The molecule has 10 aromatic rings. The number of hydrogen-bond acceptors (Lipinski definition) is 4. The molecule has 11 rings (SSSR count). The molecule has 0 unspecified atom stereocenters. The summed E-state index contributed by atoms with van der Waals surface area (Å²) in [6, 6.07) is 53.7. The van der Waals surface area contributed by atoms with E-state index < -0.39 is 0 Å². The van der Waals surface area contributed by atoms with E-state index in [9.17, 15) is 0 Å². The molecule has 0 saturated heterocycles. The third-order valence-corrected chi connectivity index (χ3v) is 11.8. The number of para-hydroxylation sites is 2. The van der Waals surface area contributed by atoms with Crippen molar-refractivity contribution in [1.29, 1.82) is 0 Å². The number of ether oxygens (including phenoxy) is 1. The Morgan fingerprint density at radius 3 is 2.12 bits per heavy atom. The smallest absolute Gasteiger partial charge is 0.226 e. The molecule has 8 aromatic carbocycles. The van der Waals surface area contributed by atoms with Crippen molar-refractivity contribution in [2.75, 3.05) is 0 Å². The van der Waals surface area contributed by atoms with Crippen molar-refractivity contribution >= 4 is 110 Å². The van der Waals surface area contributed by atoms with Gasteiger partial charge < -0.3 is 9.30 Å². The highest BCUT2D eigenvalue weighted by Crippen LogP contribution is 2.47. The number of fused-ring (bicyclic) bond motifs is 14. The molecule has 0 N–H and O–H groups in total. The lowest BCUT2D eigenvalue weighted by molar-refractivity contribution is 0.561. The Morgan fingerprint density at radius 1 is 0.615 bits per heavy atom. The molecule has 2 aromatic heterocycles. The van der Waals surface area contributed by atoms with Crippen molar-refractivity contribution in [3.8, 4) is 5.75 Å². The first kappa shape index (κ1) is 29.2. The van der Waals surface area contributed by atoms with Gasteiger partial charge in [-0.2, -0.15) is 0 Å². The Bertz CT molecular complexity index is 3220. The van der Waals surface area contributed by atoms with Gasteiger partial charge in [-0.15, -0.1) is 11.3 Å². The van der Waals surface area contributed by atoms with Crippen LogP contribution < -0.4 is 4.74 Å². The highest BCUT2D eigenvalue weighted by Gasteiger charge is 2.30. The molecule has 1 aliphatic rings. The summed E-state index contributed by atoms with van der Waals surface area (Å²) >= 11 is 1.87. The number of benzene rings is 8. The molecule has 0 fully saturated rings. The molecule has 3 heterocycles. The van der Waals surface area contributed by atoms with E-state index >= 15 is 0 Å². The topological polar surface area (TPSA) is 38.9 Å². The molecular weight excluding hydrogens is 655 g/mol. The fourth-order valence-electron chi connectivity index (χ4n) is 8.41. The SMILES string of the molecule is C=N/C(=C1\C(=N/Cn2c3ccccc3c3c4ccccc4c4sc5ccccc5c4c32)Oc2ccccc21)c1cc2ccccc2c2ccccc12. The molecule has 0 spiro atoms. The zero-order valence-electron chi connectivity index (χ0n) is 28.0. The summed E-state index contributed by atoms with van der Waals surface area (Å²) in [6.45, 7) is 4.49. The maximum Gasteiger partial charge on any atom is 0.226 e. The molecule has 0 radical (unpaired) electrons. The van der Waals surface area contributed by atoms with Crippen molar-refractivity contribution in [2.24, 2.45) is 9.98 Å². The van der Waals surface area contributed by atoms with Crippen molar-refractivity contribution < 1.29 is 4.74 Å². The second-order valence-electron chi connectivity index (χ2n) is 13.3. The van der Waals surface area contributed by atoms with Gasteiger partial charge in [-0.25, -0.2) is 4.99 Å². The predicted octanol–water partition coefficient (Wildman–Crippen LogP) is 12.6. The van der Waals surface area contributed by atoms with Gasteiger partial charge in [0.25, 0.3) is 0 Å². The average Bonchev–Trinajstić information content (AvgIpc) is 3.87. The second kappa shape index (κ2) is 11.2. The molecule has 0 saturated carbocycles. The number of rotatable bonds is 4. The quantitative estimate of drug-likeness (QED) is 0.134. The summed E-state index contributed by atoms with van der Waals surface area (Å²) in [5, 5.41) is 12.2. The monoisotopic (exact) mass is 683 g/mol. The van der Waals surface area contributed by atoms with Gasteiger partial charge in [0.2, 0.25) is 5.90 Å². The van der Waals surface area contributed by atoms with Crippen LogP contribution in [0.25, 0.3) is 85.6 Å². The lowest BCUT2D eigenvalue weighted by atomic mass is 9.92. The van der Waals surface area contributed by atoms with Crippen molar-refractivity contribution in [3.05, 3.63) is 163 Å². The summed E-state index contributed by atoms with van der Waals surface area (Å²) in [6.07, 6.45) is 0. The largest absolute Gasteiger partial charge is 0.438 e. The summed E-state index contributed by atoms with van der Waals surface area (Å²) in [7, 11) is 0. The van der Waals surface area contributed by atoms with E-state index in [1.807, 2.05) is 29.5 Å². The Labute approximate surface area is 302 Å². The lowest BCUT2D eigenvalue weighted by Gasteiger charge is -2.14. The Balaban J connectivity index is 1.20.